The molecule has 1 aromatic carbocycles. The van der Waals surface area contributed by atoms with Crippen LogP contribution in [-0.2, 0) is 9.47 Å². The van der Waals surface area contributed by atoms with E-state index in [4.69, 9.17) is 37.4 Å². The molecule has 15 heavy (non-hydrogen) atoms. The lowest BCUT2D eigenvalue weighted by molar-refractivity contribution is -0.231. The van der Waals surface area contributed by atoms with Gasteiger partial charge in [0, 0.05) is 13.2 Å². The van der Waals surface area contributed by atoms with Crippen molar-refractivity contribution < 1.29 is 14.2 Å². The Labute approximate surface area is 98.8 Å². The zero-order valence-corrected chi connectivity index (χ0v) is 9.93. The van der Waals surface area contributed by atoms with E-state index in [1.165, 1.54) is 7.11 Å². The number of ether oxygens (including phenoxy) is 3. The molecule has 0 N–H and O–H groups in total. The van der Waals surface area contributed by atoms with Crippen molar-refractivity contribution >= 4 is 23.2 Å². The summed E-state index contributed by atoms with van der Waals surface area (Å²) in [5, 5.41) is 0.599. The molecular formula is C10H11Cl2O3. The van der Waals surface area contributed by atoms with Crippen molar-refractivity contribution in [2.75, 3.05) is 13.7 Å². The lowest BCUT2D eigenvalue weighted by Gasteiger charge is -2.17. The summed E-state index contributed by atoms with van der Waals surface area (Å²) in [5.74, 6) is 0.403. The van der Waals surface area contributed by atoms with Crippen molar-refractivity contribution in [3.8, 4) is 5.75 Å². The summed E-state index contributed by atoms with van der Waals surface area (Å²) in [7, 11) is 1.48. The van der Waals surface area contributed by atoms with E-state index in [9.17, 15) is 0 Å². The molecule has 0 spiro atoms. The number of methoxy groups -OCH3 is 1. The topological polar surface area (TPSA) is 27.7 Å². The van der Waals surface area contributed by atoms with Gasteiger partial charge in [-0.1, -0.05) is 23.2 Å². The number of halogens is 2. The quantitative estimate of drug-likeness (QED) is 0.751. The Hall–Kier alpha value is -0.480. The summed E-state index contributed by atoms with van der Waals surface area (Å²) in [6, 6.07) is 5.99. The van der Waals surface area contributed by atoms with Crippen molar-refractivity contribution in [3.05, 3.63) is 28.2 Å². The van der Waals surface area contributed by atoms with E-state index in [0.29, 0.717) is 22.4 Å². The molecule has 5 heteroatoms. The number of hydrogen-bond donors (Lipinski definition) is 0. The average Bonchev–Trinajstić information content (AvgIpc) is 2.24. The Bertz CT molecular complexity index is 318. The van der Waals surface area contributed by atoms with Crippen LogP contribution >= 0.6 is 23.2 Å². The summed E-state index contributed by atoms with van der Waals surface area (Å²) in [5.41, 5.74) is 0. The van der Waals surface area contributed by atoms with Crippen LogP contribution in [0, 0.1) is 6.07 Å². The smallest absolute Gasteiger partial charge is 0.315 e. The van der Waals surface area contributed by atoms with Gasteiger partial charge in [-0.3, -0.25) is 0 Å². The highest BCUT2D eigenvalue weighted by Gasteiger charge is 2.12. The Morgan fingerprint density at radius 3 is 2.80 bits per heavy atom. The Morgan fingerprint density at radius 1 is 1.47 bits per heavy atom. The fraction of sp³-hybridized carbons (Fsp3) is 0.400. The molecule has 0 bridgehead atoms. The minimum absolute atomic E-state index is 0.293. The highest BCUT2D eigenvalue weighted by atomic mass is 35.5. The van der Waals surface area contributed by atoms with Gasteiger partial charge in [0.25, 0.3) is 0 Å². The van der Waals surface area contributed by atoms with Crippen LogP contribution in [0.4, 0.5) is 0 Å². The minimum Gasteiger partial charge on any atom is -0.440 e. The van der Waals surface area contributed by atoms with E-state index in [-0.39, 0.29) is 0 Å². The van der Waals surface area contributed by atoms with E-state index in [0.717, 1.165) is 0 Å². The van der Waals surface area contributed by atoms with E-state index < -0.39 is 6.48 Å². The van der Waals surface area contributed by atoms with Gasteiger partial charge in [-0.15, -0.1) is 0 Å². The van der Waals surface area contributed by atoms with E-state index in [1.54, 1.807) is 12.1 Å². The maximum Gasteiger partial charge on any atom is 0.315 e. The molecule has 0 aliphatic heterocycles. The van der Waals surface area contributed by atoms with Gasteiger partial charge in [0.05, 0.1) is 11.6 Å². The van der Waals surface area contributed by atoms with E-state index in [1.807, 2.05) is 6.92 Å². The first kappa shape index (κ1) is 12.6. The lowest BCUT2D eigenvalue weighted by Crippen LogP contribution is -2.22. The molecule has 0 fully saturated rings. The molecule has 0 saturated heterocycles. The zero-order valence-electron chi connectivity index (χ0n) is 8.42. The second kappa shape index (κ2) is 6.18. The van der Waals surface area contributed by atoms with Crippen molar-refractivity contribution in [3.63, 3.8) is 0 Å². The van der Waals surface area contributed by atoms with Gasteiger partial charge in [-0.2, -0.15) is 0 Å². The normalized spacial score (nSPS) is 12.5. The summed E-state index contributed by atoms with van der Waals surface area (Å²) in [6.45, 7) is 1.52. The number of benzene rings is 1. The first-order valence-corrected chi connectivity index (χ1v) is 5.11. The van der Waals surface area contributed by atoms with Crippen molar-refractivity contribution in [1.82, 2.24) is 0 Å². The van der Waals surface area contributed by atoms with Crippen LogP contribution in [0.25, 0.3) is 0 Å². The average molecular weight is 250 g/mol. The molecule has 0 aromatic heterocycles. The van der Waals surface area contributed by atoms with Gasteiger partial charge in [0.2, 0.25) is 0 Å². The highest BCUT2D eigenvalue weighted by molar-refractivity contribution is 6.42. The number of rotatable bonds is 5. The third-order valence-corrected chi connectivity index (χ3v) is 2.34. The molecule has 0 aliphatic carbocycles. The molecule has 1 atom stereocenters. The van der Waals surface area contributed by atoms with E-state index >= 15 is 0 Å². The SMILES string of the molecule is CCOC(OC)Oc1cc[c]c(Cl)c1Cl. The number of hydrogen-bond acceptors (Lipinski definition) is 3. The molecule has 1 rings (SSSR count). The summed E-state index contributed by atoms with van der Waals surface area (Å²) >= 11 is 11.7. The van der Waals surface area contributed by atoms with Gasteiger partial charge >= 0.3 is 6.48 Å². The molecule has 1 unspecified atom stereocenters. The van der Waals surface area contributed by atoms with Crippen LogP contribution in [0.2, 0.25) is 10.0 Å². The Morgan fingerprint density at radius 2 is 2.20 bits per heavy atom. The fourth-order valence-electron chi connectivity index (χ4n) is 0.916. The van der Waals surface area contributed by atoms with Gasteiger partial charge in [0.1, 0.15) is 10.8 Å². The lowest BCUT2D eigenvalue weighted by atomic mass is 10.3. The first-order valence-electron chi connectivity index (χ1n) is 4.35. The van der Waals surface area contributed by atoms with Gasteiger partial charge in [-0.05, 0) is 19.1 Å². The monoisotopic (exact) mass is 249 g/mol. The Kier molecular flexibility index (Phi) is 5.19. The van der Waals surface area contributed by atoms with Gasteiger partial charge < -0.3 is 14.2 Å². The molecule has 1 aromatic rings. The Balaban J connectivity index is 2.74. The molecule has 0 heterocycles. The standard InChI is InChI=1S/C10H11Cl2O3/c1-3-14-10(13-2)15-8-6-4-5-7(11)9(8)12/h4,6,10H,3H2,1-2H3. The summed E-state index contributed by atoms with van der Waals surface area (Å²) in [6.07, 6.45) is 0. The van der Waals surface area contributed by atoms with Crippen LogP contribution < -0.4 is 4.74 Å². The van der Waals surface area contributed by atoms with Crippen LogP contribution in [0.1, 0.15) is 6.92 Å². The third kappa shape index (κ3) is 3.54. The highest BCUT2D eigenvalue weighted by Crippen LogP contribution is 2.31. The van der Waals surface area contributed by atoms with Crippen LogP contribution in [0.5, 0.6) is 5.75 Å². The third-order valence-electron chi connectivity index (χ3n) is 1.57. The van der Waals surface area contributed by atoms with E-state index in [2.05, 4.69) is 6.07 Å². The maximum absolute atomic E-state index is 5.90. The molecular weight excluding hydrogens is 239 g/mol. The molecule has 3 nitrogen and oxygen atoms in total. The summed E-state index contributed by atoms with van der Waals surface area (Å²) in [4.78, 5) is 0. The largest absolute Gasteiger partial charge is 0.440 e. The predicted molar refractivity (Wildman–Crippen MR) is 58.3 cm³/mol. The fourth-order valence-corrected chi connectivity index (χ4v) is 1.23. The van der Waals surface area contributed by atoms with Crippen LogP contribution in [0.15, 0.2) is 12.1 Å². The van der Waals surface area contributed by atoms with Crippen LogP contribution in [0.3, 0.4) is 0 Å². The molecule has 0 aliphatic rings. The molecule has 0 amide bonds. The van der Waals surface area contributed by atoms with Crippen molar-refractivity contribution in [2.24, 2.45) is 0 Å². The van der Waals surface area contributed by atoms with Crippen molar-refractivity contribution in [2.45, 2.75) is 13.4 Å². The van der Waals surface area contributed by atoms with Gasteiger partial charge in [0.15, 0.2) is 0 Å². The molecule has 83 valence electrons. The minimum atomic E-state index is -0.786. The second-order valence-electron chi connectivity index (χ2n) is 2.57. The van der Waals surface area contributed by atoms with Gasteiger partial charge in [-0.25, -0.2) is 0 Å². The van der Waals surface area contributed by atoms with Crippen LogP contribution in [-0.4, -0.2) is 20.2 Å². The van der Waals surface area contributed by atoms with Crippen molar-refractivity contribution in [1.29, 1.82) is 0 Å². The predicted octanol–water partition coefficient (Wildman–Crippen LogP) is 3.14. The summed E-state index contributed by atoms with van der Waals surface area (Å²) < 4.78 is 15.4. The second-order valence-corrected chi connectivity index (χ2v) is 3.32. The maximum atomic E-state index is 5.90. The zero-order chi connectivity index (χ0) is 11.3. The molecule has 1 radical (unpaired) electrons. The molecule has 0 saturated carbocycles. The first-order chi connectivity index (χ1) is 7.19.